The molecule has 0 unspecified atom stereocenters. The van der Waals surface area contributed by atoms with Crippen LogP contribution in [0.2, 0.25) is 0 Å². The maximum Gasteiger partial charge on any atom is 0.310 e. The van der Waals surface area contributed by atoms with Crippen molar-refractivity contribution < 1.29 is 18.3 Å². The molecule has 0 bridgehead atoms. The number of carbonyl (C=O) groups is 1. The van der Waals surface area contributed by atoms with Crippen LogP contribution >= 0.6 is 15.9 Å². The highest BCUT2D eigenvalue weighted by Gasteiger charge is 2.21. The van der Waals surface area contributed by atoms with Gasteiger partial charge in [0, 0.05) is 22.8 Å². The first-order valence-corrected chi connectivity index (χ1v) is 6.10. The molecule has 0 fully saturated rings. The van der Waals surface area contributed by atoms with E-state index < -0.39 is 12.4 Å². The molecule has 0 spiro atoms. The van der Waals surface area contributed by atoms with Crippen molar-refractivity contribution in [1.82, 2.24) is 4.98 Å². The van der Waals surface area contributed by atoms with Crippen molar-refractivity contribution in [2.24, 2.45) is 5.73 Å². The van der Waals surface area contributed by atoms with Gasteiger partial charge in [-0.05, 0) is 28.4 Å². The number of esters is 1. The summed E-state index contributed by atoms with van der Waals surface area (Å²) in [4.78, 5) is 15.3. The Balaban J connectivity index is 3.11. The van der Waals surface area contributed by atoms with E-state index in [2.05, 4.69) is 20.9 Å². The Bertz CT molecular complexity index is 441. The molecule has 2 N–H and O–H groups in total. The lowest BCUT2D eigenvalue weighted by Gasteiger charge is -2.12. The van der Waals surface area contributed by atoms with Crippen LogP contribution in [0.4, 0.5) is 8.78 Å². The Morgan fingerprint density at radius 1 is 1.61 bits per heavy atom. The number of pyridine rings is 1. The molecule has 0 radical (unpaired) electrons. The minimum absolute atomic E-state index is 0.0417. The fourth-order valence-corrected chi connectivity index (χ4v) is 2.16. The van der Waals surface area contributed by atoms with Gasteiger partial charge in [0.25, 0.3) is 6.43 Å². The minimum Gasteiger partial charge on any atom is -0.466 e. The minimum atomic E-state index is -2.71. The lowest BCUT2D eigenvalue weighted by atomic mass is 10.1. The van der Waals surface area contributed by atoms with Gasteiger partial charge in [-0.1, -0.05) is 0 Å². The van der Waals surface area contributed by atoms with E-state index in [0.717, 1.165) is 0 Å². The van der Waals surface area contributed by atoms with Crippen LogP contribution in [0.15, 0.2) is 10.7 Å². The third-order valence-corrected chi connectivity index (χ3v) is 3.15. The molecule has 0 saturated heterocycles. The predicted octanol–water partition coefficient (Wildman–Crippen LogP) is 2.35. The SMILES string of the molecule is CCOC(=O)Cc1cnc(CN)c(Br)c1C(F)F. The van der Waals surface area contributed by atoms with Gasteiger partial charge in [-0.25, -0.2) is 8.78 Å². The van der Waals surface area contributed by atoms with Crippen molar-refractivity contribution in [1.29, 1.82) is 0 Å². The molecule has 0 aromatic carbocycles. The number of carbonyl (C=O) groups excluding carboxylic acids is 1. The third kappa shape index (κ3) is 3.46. The summed E-state index contributed by atoms with van der Waals surface area (Å²) in [5.41, 5.74) is 5.62. The third-order valence-electron chi connectivity index (χ3n) is 2.26. The van der Waals surface area contributed by atoms with Gasteiger partial charge in [-0.3, -0.25) is 9.78 Å². The van der Waals surface area contributed by atoms with E-state index in [1.54, 1.807) is 6.92 Å². The van der Waals surface area contributed by atoms with E-state index in [4.69, 9.17) is 10.5 Å². The summed E-state index contributed by atoms with van der Waals surface area (Å²) in [6.45, 7) is 1.90. The quantitative estimate of drug-likeness (QED) is 0.845. The molecule has 18 heavy (non-hydrogen) atoms. The molecule has 1 aromatic heterocycles. The first kappa shape index (κ1) is 15.0. The molecule has 1 aromatic rings. The summed E-state index contributed by atoms with van der Waals surface area (Å²) in [5, 5.41) is 0. The maximum atomic E-state index is 13.0. The average molecular weight is 323 g/mol. The number of hydrogen-bond donors (Lipinski definition) is 1. The standard InChI is InChI=1S/C11H13BrF2N2O2/c1-2-18-8(17)3-6-5-16-7(4-15)10(12)9(6)11(13)14/h5,11H,2-4,15H2,1H3. The summed E-state index contributed by atoms with van der Waals surface area (Å²) in [7, 11) is 0. The van der Waals surface area contributed by atoms with Crippen molar-refractivity contribution in [3.8, 4) is 0 Å². The molecule has 4 nitrogen and oxygen atoms in total. The van der Waals surface area contributed by atoms with Gasteiger partial charge < -0.3 is 10.5 Å². The van der Waals surface area contributed by atoms with Crippen LogP contribution in [-0.2, 0) is 22.5 Å². The molecule has 0 amide bonds. The smallest absolute Gasteiger partial charge is 0.310 e. The summed E-state index contributed by atoms with van der Waals surface area (Å²) < 4.78 is 30.9. The van der Waals surface area contributed by atoms with Crippen molar-refractivity contribution in [3.05, 3.63) is 27.5 Å². The molecule has 100 valence electrons. The van der Waals surface area contributed by atoms with Crippen molar-refractivity contribution in [2.75, 3.05) is 6.61 Å². The van der Waals surface area contributed by atoms with Crippen LogP contribution in [-0.4, -0.2) is 17.6 Å². The highest BCUT2D eigenvalue weighted by Crippen LogP contribution is 2.32. The molecular formula is C11H13BrF2N2O2. The van der Waals surface area contributed by atoms with Gasteiger partial charge >= 0.3 is 5.97 Å². The molecule has 0 atom stereocenters. The van der Waals surface area contributed by atoms with Gasteiger partial charge in [-0.15, -0.1) is 0 Å². The Morgan fingerprint density at radius 3 is 2.78 bits per heavy atom. The number of nitrogens with zero attached hydrogens (tertiary/aromatic N) is 1. The van der Waals surface area contributed by atoms with Gasteiger partial charge in [0.2, 0.25) is 0 Å². The zero-order valence-corrected chi connectivity index (χ0v) is 11.3. The van der Waals surface area contributed by atoms with Crippen LogP contribution in [0.5, 0.6) is 0 Å². The molecule has 7 heteroatoms. The summed E-state index contributed by atoms with van der Waals surface area (Å²) in [5.74, 6) is -0.561. The Morgan fingerprint density at radius 2 is 2.28 bits per heavy atom. The lowest BCUT2D eigenvalue weighted by molar-refractivity contribution is -0.142. The summed E-state index contributed by atoms with van der Waals surface area (Å²) >= 11 is 3.05. The molecule has 0 aliphatic rings. The van der Waals surface area contributed by atoms with E-state index in [9.17, 15) is 13.6 Å². The fourth-order valence-electron chi connectivity index (χ4n) is 1.47. The van der Waals surface area contributed by atoms with Crippen LogP contribution in [0.1, 0.15) is 30.2 Å². The van der Waals surface area contributed by atoms with Gasteiger partial charge in [-0.2, -0.15) is 0 Å². The van der Waals surface area contributed by atoms with Crippen molar-refractivity contribution in [2.45, 2.75) is 26.3 Å². The number of halogens is 3. The van der Waals surface area contributed by atoms with Crippen LogP contribution in [0.3, 0.4) is 0 Å². The highest BCUT2D eigenvalue weighted by atomic mass is 79.9. The number of nitrogens with two attached hydrogens (primary N) is 1. The van der Waals surface area contributed by atoms with Crippen molar-refractivity contribution >= 4 is 21.9 Å². The normalized spacial score (nSPS) is 10.8. The second-order valence-electron chi connectivity index (χ2n) is 3.44. The second-order valence-corrected chi connectivity index (χ2v) is 4.24. The molecule has 1 heterocycles. The zero-order valence-electron chi connectivity index (χ0n) is 9.75. The van der Waals surface area contributed by atoms with Gasteiger partial charge in [0.05, 0.1) is 18.7 Å². The van der Waals surface area contributed by atoms with E-state index in [0.29, 0.717) is 5.69 Å². The Hall–Kier alpha value is -1.08. The number of aromatic nitrogens is 1. The first-order valence-electron chi connectivity index (χ1n) is 5.31. The zero-order chi connectivity index (χ0) is 13.7. The van der Waals surface area contributed by atoms with Crippen molar-refractivity contribution in [3.63, 3.8) is 0 Å². The molecule has 0 aliphatic carbocycles. The molecule has 0 aliphatic heterocycles. The predicted molar refractivity (Wildman–Crippen MR) is 65.1 cm³/mol. The highest BCUT2D eigenvalue weighted by molar-refractivity contribution is 9.10. The maximum absolute atomic E-state index is 13.0. The number of rotatable bonds is 5. The summed E-state index contributed by atoms with van der Waals surface area (Å²) in [6, 6.07) is 0. The second kappa shape index (κ2) is 6.75. The van der Waals surface area contributed by atoms with E-state index >= 15 is 0 Å². The number of ether oxygens (including phenoxy) is 1. The first-order chi connectivity index (χ1) is 8.51. The largest absolute Gasteiger partial charge is 0.466 e. The molecule has 1 rings (SSSR count). The lowest BCUT2D eigenvalue weighted by Crippen LogP contribution is -2.12. The Labute approximate surface area is 112 Å². The molecular weight excluding hydrogens is 310 g/mol. The van der Waals surface area contributed by atoms with E-state index in [-0.39, 0.29) is 35.2 Å². The topological polar surface area (TPSA) is 65.2 Å². The van der Waals surface area contributed by atoms with Crippen LogP contribution < -0.4 is 5.73 Å². The van der Waals surface area contributed by atoms with E-state index in [1.807, 2.05) is 0 Å². The van der Waals surface area contributed by atoms with Gasteiger partial charge in [0.1, 0.15) is 0 Å². The Kier molecular flexibility index (Phi) is 5.61. The monoisotopic (exact) mass is 322 g/mol. The average Bonchev–Trinajstić information content (AvgIpc) is 2.29. The van der Waals surface area contributed by atoms with Crippen LogP contribution in [0, 0.1) is 0 Å². The number of hydrogen-bond acceptors (Lipinski definition) is 4. The number of alkyl halides is 2. The van der Waals surface area contributed by atoms with Crippen LogP contribution in [0.25, 0.3) is 0 Å². The molecule has 0 saturated carbocycles. The van der Waals surface area contributed by atoms with E-state index in [1.165, 1.54) is 6.20 Å². The summed E-state index contributed by atoms with van der Waals surface area (Å²) in [6.07, 6.45) is -1.70. The van der Waals surface area contributed by atoms with Gasteiger partial charge in [0.15, 0.2) is 0 Å². The fraction of sp³-hybridized carbons (Fsp3) is 0.455.